The van der Waals surface area contributed by atoms with Crippen molar-refractivity contribution in [3.63, 3.8) is 0 Å². The van der Waals surface area contributed by atoms with Crippen molar-refractivity contribution >= 4 is 29.4 Å². The Bertz CT molecular complexity index is 1180. The summed E-state index contributed by atoms with van der Waals surface area (Å²) in [6.07, 6.45) is 1.78. The van der Waals surface area contributed by atoms with Gasteiger partial charge in [0.2, 0.25) is 5.78 Å². The lowest BCUT2D eigenvalue weighted by molar-refractivity contribution is -0.133. The van der Waals surface area contributed by atoms with Crippen LogP contribution in [0, 0.1) is 6.92 Å². The lowest BCUT2D eigenvalue weighted by atomic mass is 10.1. The zero-order valence-electron chi connectivity index (χ0n) is 17.0. The molecular weight excluding hydrogens is 416 g/mol. The van der Waals surface area contributed by atoms with Gasteiger partial charge in [0, 0.05) is 10.6 Å². The first kappa shape index (κ1) is 20.7. The molecule has 0 saturated heterocycles. The van der Waals surface area contributed by atoms with Crippen molar-refractivity contribution in [3.05, 3.63) is 93.7 Å². The van der Waals surface area contributed by atoms with Crippen LogP contribution in [0.25, 0.3) is 6.08 Å². The van der Waals surface area contributed by atoms with Crippen molar-refractivity contribution in [2.24, 2.45) is 0 Å². The summed E-state index contributed by atoms with van der Waals surface area (Å²) in [5, 5.41) is 0.604. The lowest BCUT2D eigenvalue weighted by Crippen LogP contribution is -2.12. The number of ketones is 1. The number of allylic oxidation sites excluding steroid dienone is 1. The van der Waals surface area contributed by atoms with Crippen LogP contribution >= 0.6 is 11.6 Å². The predicted octanol–water partition coefficient (Wildman–Crippen LogP) is 5.42. The number of methoxy groups -OCH3 is 1. The Hall–Kier alpha value is -3.57. The molecule has 31 heavy (non-hydrogen) atoms. The Morgan fingerprint density at radius 3 is 2.42 bits per heavy atom. The summed E-state index contributed by atoms with van der Waals surface area (Å²) >= 11 is 5.87. The maximum Gasteiger partial charge on any atom is 0.315 e. The molecule has 0 radical (unpaired) electrons. The SMILES string of the molecule is COc1ccc(/C=C2\Oc3c(ccc(OC(=O)Cc4ccc(Cl)cc4)c3C)C2=O)cc1. The van der Waals surface area contributed by atoms with Gasteiger partial charge in [-0.1, -0.05) is 35.9 Å². The second-order valence-electron chi connectivity index (χ2n) is 7.06. The first-order chi connectivity index (χ1) is 14.9. The summed E-state index contributed by atoms with van der Waals surface area (Å²) in [7, 11) is 1.59. The number of fused-ring (bicyclic) bond motifs is 1. The molecule has 0 saturated carbocycles. The number of benzene rings is 3. The molecule has 0 spiro atoms. The fourth-order valence-electron chi connectivity index (χ4n) is 3.26. The van der Waals surface area contributed by atoms with Gasteiger partial charge in [-0.2, -0.15) is 0 Å². The standard InChI is InChI=1S/C25H19ClO5/c1-15-21(30-23(27)14-17-3-7-18(26)8-4-17)12-11-20-24(28)22(31-25(15)20)13-16-5-9-19(29-2)10-6-16/h3-13H,14H2,1-2H3/b22-13-. The molecular formula is C25H19ClO5. The zero-order valence-corrected chi connectivity index (χ0v) is 17.7. The van der Waals surface area contributed by atoms with Crippen LogP contribution in [0.4, 0.5) is 0 Å². The number of carbonyl (C=O) groups is 2. The van der Waals surface area contributed by atoms with E-state index in [4.69, 9.17) is 25.8 Å². The van der Waals surface area contributed by atoms with Gasteiger partial charge in [-0.25, -0.2) is 0 Å². The van der Waals surface area contributed by atoms with Gasteiger partial charge in [0.25, 0.3) is 0 Å². The molecule has 0 bridgehead atoms. The molecule has 1 heterocycles. The Morgan fingerprint density at radius 2 is 1.74 bits per heavy atom. The average Bonchev–Trinajstić information content (AvgIpc) is 3.08. The van der Waals surface area contributed by atoms with Gasteiger partial charge in [0.1, 0.15) is 17.2 Å². The van der Waals surface area contributed by atoms with Gasteiger partial charge < -0.3 is 14.2 Å². The van der Waals surface area contributed by atoms with E-state index < -0.39 is 5.97 Å². The maximum atomic E-state index is 12.7. The van der Waals surface area contributed by atoms with Crippen molar-refractivity contribution in [3.8, 4) is 17.2 Å². The van der Waals surface area contributed by atoms with E-state index in [1.54, 1.807) is 56.5 Å². The molecule has 0 N–H and O–H groups in total. The third kappa shape index (κ3) is 4.47. The summed E-state index contributed by atoms with van der Waals surface area (Å²) in [5.41, 5.74) is 2.64. The van der Waals surface area contributed by atoms with Crippen LogP contribution in [0.2, 0.25) is 5.02 Å². The highest BCUT2D eigenvalue weighted by molar-refractivity contribution is 6.30. The fraction of sp³-hybridized carbons (Fsp3) is 0.120. The van der Waals surface area contributed by atoms with Crippen molar-refractivity contribution in [2.45, 2.75) is 13.3 Å². The van der Waals surface area contributed by atoms with Crippen molar-refractivity contribution in [2.75, 3.05) is 7.11 Å². The van der Waals surface area contributed by atoms with E-state index in [0.717, 1.165) is 16.9 Å². The molecule has 0 fully saturated rings. The van der Waals surface area contributed by atoms with E-state index in [1.807, 2.05) is 24.3 Å². The number of rotatable bonds is 5. The Morgan fingerprint density at radius 1 is 1.03 bits per heavy atom. The van der Waals surface area contributed by atoms with Crippen molar-refractivity contribution < 1.29 is 23.8 Å². The Balaban J connectivity index is 1.52. The van der Waals surface area contributed by atoms with E-state index in [1.165, 1.54) is 0 Å². The quantitative estimate of drug-likeness (QED) is 0.305. The van der Waals surface area contributed by atoms with Crippen molar-refractivity contribution in [1.29, 1.82) is 0 Å². The third-order valence-corrected chi connectivity index (χ3v) is 5.19. The number of hydrogen-bond donors (Lipinski definition) is 0. The van der Waals surface area contributed by atoms with Gasteiger partial charge >= 0.3 is 5.97 Å². The minimum Gasteiger partial charge on any atom is -0.497 e. The van der Waals surface area contributed by atoms with Gasteiger partial charge in [-0.05, 0) is 60.5 Å². The van der Waals surface area contributed by atoms with E-state index >= 15 is 0 Å². The van der Waals surface area contributed by atoms with Gasteiger partial charge in [0.15, 0.2) is 5.76 Å². The van der Waals surface area contributed by atoms with Gasteiger partial charge in [-0.15, -0.1) is 0 Å². The number of carbonyl (C=O) groups excluding carboxylic acids is 2. The molecule has 0 aromatic heterocycles. The average molecular weight is 435 g/mol. The Kier molecular flexibility index (Phi) is 5.78. The number of Topliss-reactive ketones (excluding diaryl/α,β-unsaturated/α-hetero) is 1. The molecule has 3 aromatic carbocycles. The molecule has 4 rings (SSSR count). The molecule has 1 aliphatic rings. The molecule has 0 unspecified atom stereocenters. The van der Waals surface area contributed by atoms with Gasteiger partial charge in [0.05, 0.1) is 19.1 Å². The summed E-state index contributed by atoms with van der Waals surface area (Å²) < 4.78 is 16.5. The van der Waals surface area contributed by atoms with Crippen LogP contribution in [0.15, 0.2) is 66.4 Å². The monoisotopic (exact) mass is 434 g/mol. The number of ether oxygens (including phenoxy) is 3. The summed E-state index contributed by atoms with van der Waals surface area (Å²) in [5.74, 6) is 1.08. The smallest absolute Gasteiger partial charge is 0.315 e. The molecule has 1 aliphatic heterocycles. The number of esters is 1. The first-order valence-electron chi connectivity index (χ1n) is 9.61. The molecule has 6 heteroatoms. The van der Waals surface area contributed by atoms with Crippen molar-refractivity contribution in [1.82, 2.24) is 0 Å². The topological polar surface area (TPSA) is 61.8 Å². The van der Waals surface area contributed by atoms with Crippen LogP contribution in [-0.2, 0) is 11.2 Å². The highest BCUT2D eigenvalue weighted by atomic mass is 35.5. The van der Waals surface area contributed by atoms with E-state index in [9.17, 15) is 9.59 Å². The molecule has 3 aromatic rings. The van der Waals surface area contributed by atoms with Gasteiger partial charge in [-0.3, -0.25) is 9.59 Å². The van der Waals surface area contributed by atoms with Crippen LogP contribution in [0.5, 0.6) is 17.2 Å². The number of hydrogen-bond acceptors (Lipinski definition) is 5. The summed E-state index contributed by atoms with van der Waals surface area (Å²) in [4.78, 5) is 25.1. The summed E-state index contributed by atoms with van der Waals surface area (Å²) in [6.45, 7) is 1.76. The molecule has 0 atom stereocenters. The van der Waals surface area contributed by atoms with E-state index in [-0.39, 0.29) is 18.0 Å². The molecule has 0 amide bonds. The summed E-state index contributed by atoms with van der Waals surface area (Å²) in [6, 6.07) is 17.5. The minimum absolute atomic E-state index is 0.107. The van der Waals surface area contributed by atoms with Crippen LogP contribution in [-0.4, -0.2) is 18.9 Å². The van der Waals surface area contributed by atoms with Crippen LogP contribution in [0.3, 0.4) is 0 Å². The lowest BCUT2D eigenvalue weighted by Gasteiger charge is -2.10. The second kappa shape index (κ2) is 8.66. The second-order valence-corrected chi connectivity index (χ2v) is 7.49. The maximum absolute atomic E-state index is 12.7. The van der Waals surface area contributed by atoms with E-state index in [2.05, 4.69) is 0 Å². The minimum atomic E-state index is -0.413. The molecule has 0 aliphatic carbocycles. The fourth-order valence-corrected chi connectivity index (χ4v) is 3.38. The number of halogens is 1. The highest BCUT2D eigenvalue weighted by Crippen LogP contribution is 2.39. The molecule has 156 valence electrons. The van der Waals surface area contributed by atoms with Crippen LogP contribution < -0.4 is 14.2 Å². The Labute approximate surface area is 184 Å². The largest absolute Gasteiger partial charge is 0.497 e. The van der Waals surface area contributed by atoms with E-state index in [0.29, 0.717) is 27.6 Å². The normalized spacial score (nSPS) is 13.6. The molecule has 5 nitrogen and oxygen atoms in total. The highest BCUT2D eigenvalue weighted by Gasteiger charge is 2.30. The third-order valence-electron chi connectivity index (χ3n) is 4.94. The zero-order chi connectivity index (χ0) is 22.0. The van der Waals surface area contributed by atoms with Crippen LogP contribution in [0.1, 0.15) is 27.0 Å². The first-order valence-corrected chi connectivity index (χ1v) is 9.99. The predicted molar refractivity (Wildman–Crippen MR) is 118 cm³/mol.